The number of hydrogen-bond donors (Lipinski definition) is 2. The molecule has 3 N–H and O–H groups in total. The van der Waals surface area contributed by atoms with Crippen molar-refractivity contribution in [3.8, 4) is 0 Å². The molecule has 0 aromatic rings. The Kier molecular flexibility index (Phi) is 1.69. The van der Waals surface area contributed by atoms with E-state index in [2.05, 4.69) is 0 Å². The first kappa shape index (κ1) is 7.56. The topological polar surface area (TPSA) is 46.2 Å². The van der Waals surface area contributed by atoms with Gasteiger partial charge in [-0.05, 0) is 31.6 Å². The van der Waals surface area contributed by atoms with Gasteiger partial charge in [0.15, 0.2) is 0 Å². The summed E-state index contributed by atoms with van der Waals surface area (Å²) in [7, 11) is 0. The third-order valence-electron chi connectivity index (χ3n) is 3.26. The van der Waals surface area contributed by atoms with Gasteiger partial charge in [0, 0.05) is 5.54 Å². The van der Waals surface area contributed by atoms with Gasteiger partial charge in [-0.1, -0.05) is 12.8 Å². The molecule has 2 rings (SSSR count). The number of rotatable bonds is 2. The molecule has 0 spiro atoms. The second kappa shape index (κ2) is 2.46. The lowest BCUT2D eigenvalue weighted by atomic mass is 9.93. The molecule has 2 heteroatoms. The first-order valence-corrected chi connectivity index (χ1v) is 4.69. The Labute approximate surface area is 67.8 Å². The Morgan fingerprint density at radius 2 is 1.82 bits per heavy atom. The maximum absolute atomic E-state index is 9.82. The van der Waals surface area contributed by atoms with Crippen molar-refractivity contribution in [3.05, 3.63) is 0 Å². The van der Waals surface area contributed by atoms with Crippen LogP contribution in [0.2, 0.25) is 0 Å². The molecule has 64 valence electrons. The molecule has 11 heavy (non-hydrogen) atoms. The van der Waals surface area contributed by atoms with E-state index < -0.39 is 0 Å². The minimum atomic E-state index is -0.204. The number of aliphatic hydroxyl groups is 1. The van der Waals surface area contributed by atoms with Crippen LogP contribution in [0.5, 0.6) is 0 Å². The lowest BCUT2D eigenvalue weighted by Crippen LogP contribution is -2.41. The third-order valence-corrected chi connectivity index (χ3v) is 3.26. The predicted octanol–water partition coefficient (Wildman–Crippen LogP) is 1.03. The van der Waals surface area contributed by atoms with Crippen LogP contribution in [0.15, 0.2) is 0 Å². The molecule has 0 saturated heterocycles. The summed E-state index contributed by atoms with van der Waals surface area (Å²) < 4.78 is 0. The van der Waals surface area contributed by atoms with E-state index in [0.717, 1.165) is 12.8 Å². The Morgan fingerprint density at radius 3 is 2.27 bits per heavy atom. The number of hydrogen-bond acceptors (Lipinski definition) is 2. The molecule has 2 fully saturated rings. The van der Waals surface area contributed by atoms with E-state index in [0.29, 0.717) is 5.92 Å². The van der Waals surface area contributed by atoms with Crippen LogP contribution in [0.25, 0.3) is 0 Å². The van der Waals surface area contributed by atoms with Crippen LogP contribution in [0.3, 0.4) is 0 Å². The van der Waals surface area contributed by atoms with Crippen LogP contribution in [-0.2, 0) is 0 Å². The standard InChI is InChI=1S/C9H17NO/c10-9(5-6-9)8(11)7-3-1-2-4-7/h7-8,11H,1-6,10H2. The van der Waals surface area contributed by atoms with Gasteiger partial charge in [0.2, 0.25) is 0 Å². The van der Waals surface area contributed by atoms with Gasteiger partial charge in [-0.3, -0.25) is 0 Å². The van der Waals surface area contributed by atoms with E-state index in [-0.39, 0.29) is 11.6 Å². The van der Waals surface area contributed by atoms with Gasteiger partial charge < -0.3 is 10.8 Å². The average molecular weight is 155 g/mol. The smallest absolute Gasteiger partial charge is 0.0747 e. The van der Waals surface area contributed by atoms with Crippen molar-refractivity contribution >= 4 is 0 Å². The summed E-state index contributed by atoms with van der Waals surface area (Å²) in [5.41, 5.74) is 5.75. The second-order valence-corrected chi connectivity index (χ2v) is 4.22. The monoisotopic (exact) mass is 155 g/mol. The molecule has 2 nitrogen and oxygen atoms in total. The van der Waals surface area contributed by atoms with Crippen LogP contribution in [0.4, 0.5) is 0 Å². The lowest BCUT2D eigenvalue weighted by molar-refractivity contribution is 0.0754. The lowest BCUT2D eigenvalue weighted by Gasteiger charge is -2.23. The summed E-state index contributed by atoms with van der Waals surface area (Å²) in [5, 5.41) is 9.82. The first-order chi connectivity index (χ1) is 5.22. The van der Waals surface area contributed by atoms with Gasteiger partial charge in [0.1, 0.15) is 0 Å². The van der Waals surface area contributed by atoms with Crippen LogP contribution >= 0.6 is 0 Å². The van der Waals surface area contributed by atoms with E-state index in [9.17, 15) is 5.11 Å². The molecule has 2 aliphatic carbocycles. The summed E-state index contributed by atoms with van der Waals surface area (Å²) >= 11 is 0. The highest BCUT2D eigenvalue weighted by Crippen LogP contribution is 2.42. The van der Waals surface area contributed by atoms with Crippen LogP contribution in [-0.4, -0.2) is 16.7 Å². The van der Waals surface area contributed by atoms with Gasteiger partial charge in [0.05, 0.1) is 6.10 Å². The van der Waals surface area contributed by atoms with Crippen molar-refractivity contribution < 1.29 is 5.11 Å². The largest absolute Gasteiger partial charge is 0.391 e. The number of aliphatic hydroxyl groups excluding tert-OH is 1. The van der Waals surface area contributed by atoms with Crippen molar-refractivity contribution in [1.82, 2.24) is 0 Å². The van der Waals surface area contributed by atoms with E-state index in [4.69, 9.17) is 5.73 Å². The zero-order valence-corrected chi connectivity index (χ0v) is 6.92. The molecule has 1 atom stereocenters. The summed E-state index contributed by atoms with van der Waals surface area (Å²) in [6, 6.07) is 0. The van der Waals surface area contributed by atoms with E-state index >= 15 is 0 Å². The van der Waals surface area contributed by atoms with E-state index in [1.54, 1.807) is 0 Å². The second-order valence-electron chi connectivity index (χ2n) is 4.22. The summed E-state index contributed by atoms with van der Waals surface area (Å²) in [6.45, 7) is 0. The van der Waals surface area contributed by atoms with E-state index in [1.165, 1.54) is 25.7 Å². The molecule has 2 saturated carbocycles. The third kappa shape index (κ3) is 1.30. The van der Waals surface area contributed by atoms with Crippen molar-refractivity contribution in [1.29, 1.82) is 0 Å². The molecule has 0 radical (unpaired) electrons. The average Bonchev–Trinajstić information content (AvgIpc) is 2.54. The summed E-state index contributed by atoms with van der Waals surface area (Å²) in [5.74, 6) is 0.516. The van der Waals surface area contributed by atoms with Gasteiger partial charge in [-0.2, -0.15) is 0 Å². The van der Waals surface area contributed by atoms with Crippen molar-refractivity contribution in [2.24, 2.45) is 11.7 Å². The SMILES string of the molecule is NC1(C(O)C2CCCC2)CC1. The van der Waals surface area contributed by atoms with Crippen LogP contribution < -0.4 is 5.73 Å². The van der Waals surface area contributed by atoms with E-state index in [1.807, 2.05) is 0 Å². The van der Waals surface area contributed by atoms with Gasteiger partial charge in [-0.15, -0.1) is 0 Å². The van der Waals surface area contributed by atoms with Crippen molar-refractivity contribution in [3.63, 3.8) is 0 Å². The van der Waals surface area contributed by atoms with Crippen molar-refractivity contribution in [2.75, 3.05) is 0 Å². The summed E-state index contributed by atoms with van der Waals surface area (Å²) in [6.07, 6.45) is 6.83. The van der Waals surface area contributed by atoms with Crippen molar-refractivity contribution in [2.45, 2.75) is 50.2 Å². The molecule has 2 aliphatic rings. The highest BCUT2D eigenvalue weighted by Gasteiger charge is 2.48. The molecule has 0 amide bonds. The first-order valence-electron chi connectivity index (χ1n) is 4.69. The normalized spacial score (nSPS) is 32.2. The van der Waals surface area contributed by atoms with Crippen LogP contribution in [0.1, 0.15) is 38.5 Å². The van der Waals surface area contributed by atoms with Gasteiger partial charge in [0.25, 0.3) is 0 Å². The Hall–Kier alpha value is -0.0800. The zero-order chi connectivity index (χ0) is 7.90. The highest BCUT2D eigenvalue weighted by atomic mass is 16.3. The minimum absolute atomic E-state index is 0.172. The highest BCUT2D eigenvalue weighted by molar-refractivity contribution is 5.06. The molecule has 0 aliphatic heterocycles. The number of nitrogens with two attached hydrogens (primary N) is 1. The van der Waals surface area contributed by atoms with Gasteiger partial charge >= 0.3 is 0 Å². The Balaban J connectivity index is 1.93. The quantitative estimate of drug-likeness (QED) is 0.625. The fourth-order valence-corrected chi connectivity index (χ4v) is 2.18. The zero-order valence-electron chi connectivity index (χ0n) is 6.92. The molecule has 0 heterocycles. The molecular weight excluding hydrogens is 138 g/mol. The fourth-order valence-electron chi connectivity index (χ4n) is 2.18. The maximum Gasteiger partial charge on any atom is 0.0747 e. The minimum Gasteiger partial charge on any atom is -0.391 e. The maximum atomic E-state index is 9.82. The predicted molar refractivity (Wildman–Crippen MR) is 44.1 cm³/mol. The summed E-state index contributed by atoms with van der Waals surface area (Å²) in [4.78, 5) is 0. The fraction of sp³-hybridized carbons (Fsp3) is 1.00. The Bertz CT molecular complexity index is 148. The molecule has 0 aromatic heterocycles. The molecular formula is C9H17NO. The van der Waals surface area contributed by atoms with Gasteiger partial charge in [-0.25, -0.2) is 0 Å². The Morgan fingerprint density at radius 1 is 1.27 bits per heavy atom. The molecule has 0 aromatic carbocycles. The molecule has 0 bridgehead atoms. The molecule has 1 unspecified atom stereocenters. The van der Waals surface area contributed by atoms with Crippen LogP contribution in [0, 0.1) is 5.92 Å².